The van der Waals surface area contributed by atoms with Crippen LogP contribution in [0.4, 0.5) is 0 Å². The predicted octanol–water partition coefficient (Wildman–Crippen LogP) is 2.26. The Morgan fingerprint density at radius 3 is 2.21 bits per heavy atom. The number of nitrogens with zero attached hydrogens (tertiary/aromatic N) is 2. The third kappa shape index (κ3) is 3.22. The fraction of sp³-hybridized carbons (Fsp3) is 0.643. The molecule has 0 aromatic carbocycles. The number of carbonyl (C=O) groups excluding carboxylic acids is 1. The molecule has 0 spiro atoms. The van der Waals surface area contributed by atoms with Gasteiger partial charge in [0.25, 0.3) is 0 Å². The van der Waals surface area contributed by atoms with E-state index in [0.29, 0.717) is 11.3 Å². The van der Waals surface area contributed by atoms with Crippen LogP contribution < -0.4 is 0 Å². The number of aryl methyl sites for hydroxylation is 1. The minimum atomic E-state index is -0.956. The second-order valence-corrected chi connectivity index (χ2v) is 6.09. The minimum Gasteiger partial charge on any atom is -0.481 e. The molecule has 1 aromatic heterocycles. The van der Waals surface area contributed by atoms with Gasteiger partial charge in [0.05, 0.1) is 17.2 Å². The molecule has 2 unspecified atom stereocenters. The van der Waals surface area contributed by atoms with Gasteiger partial charge >= 0.3 is 5.97 Å². The number of aromatic nitrogens is 2. The lowest BCUT2D eigenvalue weighted by atomic mass is 9.83. The van der Waals surface area contributed by atoms with Crippen LogP contribution >= 0.6 is 0 Å². The molecule has 1 aromatic rings. The number of hydrogen-bond donors (Lipinski definition) is 1. The van der Waals surface area contributed by atoms with Gasteiger partial charge in [0, 0.05) is 24.6 Å². The van der Waals surface area contributed by atoms with Crippen LogP contribution in [0, 0.1) is 11.8 Å². The van der Waals surface area contributed by atoms with Gasteiger partial charge in [-0.25, -0.2) is 0 Å². The summed E-state index contributed by atoms with van der Waals surface area (Å²) in [7, 11) is 1.76. The fourth-order valence-electron chi connectivity index (χ4n) is 1.91. The quantitative estimate of drug-likeness (QED) is 0.848. The largest absolute Gasteiger partial charge is 0.481 e. The molecule has 0 fully saturated rings. The zero-order valence-corrected chi connectivity index (χ0v) is 12.4. The topological polar surface area (TPSA) is 72.2 Å². The highest BCUT2D eigenvalue weighted by atomic mass is 16.4. The van der Waals surface area contributed by atoms with Gasteiger partial charge in [-0.3, -0.25) is 14.3 Å². The molecule has 1 heterocycles. The minimum absolute atomic E-state index is 0.159. The Morgan fingerprint density at radius 2 is 1.79 bits per heavy atom. The van der Waals surface area contributed by atoms with Crippen molar-refractivity contribution in [3.05, 3.63) is 17.5 Å². The Hall–Kier alpha value is -1.65. The van der Waals surface area contributed by atoms with Gasteiger partial charge in [0.15, 0.2) is 5.78 Å². The van der Waals surface area contributed by atoms with Crippen molar-refractivity contribution in [2.75, 3.05) is 0 Å². The van der Waals surface area contributed by atoms with Gasteiger partial charge in [-0.05, 0) is 0 Å². The molecule has 0 saturated heterocycles. The number of ketones is 1. The van der Waals surface area contributed by atoms with E-state index in [0.717, 1.165) is 0 Å². The van der Waals surface area contributed by atoms with Crippen LogP contribution in [0.1, 0.15) is 50.7 Å². The fourth-order valence-corrected chi connectivity index (χ4v) is 1.91. The van der Waals surface area contributed by atoms with Crippen molar-refractivity contribution in [2.45, 2.75) is 40.0 Å². The molecular formula is C14H22N2O3. The smallest absolute Gasteiger partial charge is 0.306 e. The number of aliphatic carboxylic acids is 1. The van der Waals surface area contributed by atoms with E-state index in [1.54, 1.807) is 31.8 Å². The lowest BCUT2D eigenvalue weighted by Crippen LogP contribution is -2.27. The molecular weight excluding hydrogens is 244 g/mol. The van der Waals surface area contributed by atoms with Crippen LogP contribution in [0.2, 0.25) is 0 Å². The third-order valence-corrected chi connectivity index (χ3v) is 3.36. The summed E-state index contributed by atoms with van der Waals surface area (Å²) in [4.78, 5) is 23.4. The Kier molecular flexibility index (Phi) is 4.18. The van der Waals surface area contributed by atoms with Crippen LogP contribution in [0.3, 0.4) is 0 Å². The van der Waals surface area contributed by atoms with Crippen LogP contribution in [-0.4, -0.2) is 26.6 Å². The molecule has 2 atom stereocenters. The van der Waals surface area contributed by atoms with Gasteiger partial charge in [-0.15, -0.1) is 0 Å². The van der Waals surface area contributed by atoms with Crippen molar-refractivity contribution in [1.29, 1.82) is 0 Å². The molecule has 0 aliphatic carbocycles. The molecule has 1 rings (SSSR count). The van der Waals surface area contributed by atoms with Crippen molar-refractivity contribution >= 4 is 11.8 Å². The maximum Gasteiger partial charge on any atom is 0.306 e. The molecule has 0 amide bonds. The number of carbonyl (C=O) groups is 2. The number of hydrogen-bond acceptors (Lipinski definition) is 3. The summed E-state index contributed by atoms with van der Waals surface area (Å²) in [5.41, 5.74) is 0.985. The summed E-state index contributed by atoms with van der Waals surface area (Å²) in [6.07, 6.45) is 1.67. The second kappa shape index (κ2) is 5.15. The molecule has 5 nitrogen and oxygen atoms in total. The summed E-state index contributed by atoms with van der Waals surface area (Å²) in [6, 6.07) is 0. The first-order valence-corrected chi connectivity index (χ1v) is 6.36. The van der Waals surface area contributed by atoms with E-state index < -0.39 is 17.8 Å². The highest BCUT2D eigenvalue weighted by molar-refractivity contribution is 6.00. The van der Waals surface area contributed by atoms with Gasteiger partial charge in [-0.2, -0.15) is 5.10 Å². The van der Waals surface area contributed by atoms with Crippen LogP contribution in [0.15, 0.2) is 6.20 Å². The van der Waals surface area contributed by atoms with Crippen molar-refractivity contribution < 1.29 is 14.7 Å². The number of carboxylic acids is 1. The monoisotopic (exact) mass is 266 g/mol. The molecule has 0 saturated carbocycles. The van der Waals surface area contributed by atoms with Crippen LogP contribution in [0.5, 0.6) is 0 Å². The van der Waals surface area contributed by atoms with Crippen molar-refractivity contribution in [1.82, 2.24) is 9.78 Å². The molecule has 5 heteroatoms. The van der Waals surface area contributed by atoms with Gasteiger partial charge in [0.1, 0.15) is 0 Å². The molecule has 0 aliphatic heterocycles. The summed E-state index contributed by atoms with van der Waals surface area (Å²) in [5, 5.41) is 13.3. The summed E-state index contributed by atoms with van der Waals surface area (Å²) < 4.78 is 1.60. The first kappa shape index (κ1) is 15.4. The molecule has 0 aliphatic rings. The summed E-state index contributed by atoms with van der Waals surface area (Å²) in [5.74, 6) is -2.39. The summed E-state index contributed by atoms with van der Waals surface area (Å²) in [6.45, 7) is 9.16. The number of rotatable bonds is 4. The zero-order chi connectivity index (χ0) is 15.0. The van der Waals surface area contributed by atoms with E-state index >= 15 is 0 Å². The predicted molar refractivity (Wildman–Crippen MR) is 72.2 cm³/mol. The molecule has 1 N–H and O–H groups in total. The van der Waals surface area contributed by atoms with E-state index in [4.69, 9.17) is 5.11 Å². The average Bonchev–Trinajstić information content (AvgIpc) is 2.68. The summed E-state index contributed by atoms with van der Waals surface area (Å²) >= 11 is 0. The van der Waals surface area contributed by atoms with Crippen LogP contribution in [-0.2, 0) is 17.3 Å². The highest BCUT2D eigenvalue weighted by Crippen LogP contribution is 2.27. The second-order valence-electron chi connectivity index (χ2n) is 6.09. The normalized spacial score (nSPS) is 15.1. The van der Waals surface area contributed by atoms with Gasteiger partial charge < -0.3 is 5.11 Å². The van der Waals surface area contributed by atoms with E-state index in [2.05, 4.69) is 5.10 Å². The van der Waals surface area contributed by atoms with E-state index in [-0.39, 0.29) is 11.2 Å². The Bertz CT molecular complexity index is 497. The van der Waals surface area contributed by atoms with E-state index in [9.17, 15) is 9.59 Å². The van der Waals surface area contributed by atoms with Crippen molar-refractivity contribution in [3.63, 3.8) is 0 Å². The lowest BCUT2D eigenvalue weighted by Gasteiger charge is -2.19. The molecule has 0 radical (unpaired) electrons. The van der Waals surface area contributed by atoms with Gasteiger partial charge in [0.2, 0.25) is 0 Å². The molecule has 0 bridgehead atoms. The van der Waals surface area contributed by atoms with Crippen LogP contribution in [0.25, 0.3) is 0 Å². The third-order valence-electron chi connectivity index (χ3n) is 3.36. The first-order chi connectivity index (χ1) is 8.55. The average molecular weight is 266 g/mol. The maximum atomic E-state index is 12.5. The SMILES string of the molecule is CC(C(=O)O)C(C)C(=O)c1cn(C)nc1C(C)(C)C. The molecule has 106 valence electrons. The van der Waals surface area contributed by atoms with E-state index in [1.807, 2.05) is 20.8 Å². The number of carboxylic acid groups (broad SMARTS) is 1. The highest BCUT2D eigenvalue weighted by Gasteiger charge is 2.32. The number of Topliss-reactive ketones (excluding diaryl/α,β-unsaturated/α-hetero) is 1. The van der Waals surface area contributed by atoms with Gasteiger partial charge in [-0.1, -0.05) is 34.6 Å². The Morgan fingerprint density at radius 1 is 1.26 bits per heavy atom. The Balaban J connectivity index is 3.17. The molecule has 19 heavy (non-hydrogen) atoms. The van der Waals surface area contributed by atoms with E-state index in [1.165, 1.54) is 0 Å². The Labute approximate surface area is 113 Å². The first-order valence-electron chi connectivity index (χ1n) is 6.36. The van der Waals surface area contributed by atoms with Crippen molar-refractivity contribution in [3.8, 4) is 0 Å². The zero-order valence-electron chi connectivity index (χ0n) is 12.4. The standard InChI is InChI=1S/C14H22N2O3/c1-8(9(2)13(18)19)11(17)10-7-16(6)15-12(10)14(3,4)5/h7-9H,1-6H3,(H,18,19). The van der Waals surface area contributed by atoms with Crippen molar-refractivity contribution in [2.24, 2.45) is 18.9 Å². The lowest BCUT2D eigenvalue weighted by molar-refractivity contribution is -0.142. The maximum absolute atomic E-state index is 12.5.